The summed E-state index contributed by atoms with van der Waals surface area (Å²) in [4.78, 5) is 2.69. The number of benzene rings is 2. The molecule has 0 nitrogen and oxygen atoms in total. The van der Waals surface area contributed by atoms with Gasteiger partial charge in [-0.1, -0.05) is 51.1 Å². The van der Waals surface area contributed by atoms with E-state index >= 15 is 0 Å². The lowest BCUT2D eigenvalue weighted by Gasteiger charge is -2.18. The van der Waals surface area contributed by atoms with E-state index in [2.05, 4.69) is 75.4 Å². The van der Waals surface area contributed by atoms with Crippen LogP contribution in [-0.4, -0.2) is 0 Å². The molecule has 17 heavy (non-hydrogen) atoms. The first-order chi connectivity index (χ1) is 8.05. The monoisotopic (exact) mass is 243 g/mol. The van der Waals surface area contributed by atoms with Gasteiger partial charge in [0.25, 0.3) is 0 Å². The van der Waals surface area contributed by atoms with Crippen molar-refractivity contribution in [2.75, 3.05) is 0 Å². The quantitative estimate of drug-likeness (QED) is 0.547. The average molecular weight is 243 g/mol. The Hall–Kier alpha value is -1.21. The summed E-state index contributed by atoms with van der Waals surface area (Å²) in [6, 6.07) is 19.5. The molecule has 88 valence electrons. The lowest BCUT2D eigenvalue weighted by Crippen LogP contribution is -2.10. The van der Waals surface area contributed by atoms with Crippen LogP contribution >= 0.6 is 0 Å². The van der Waals surface area contributed by atoms with Gasteiger partial charge < -0.3 is 0 Å². The van der Waals surface area contributed by atoms with Crippen molar-refractivity contribution in [3.8, 4) is 0 Å². The topological polar surface area (TPSA) is 0 Å². The fourth-order valence-electron chi connectivity index (χ4n) is 1.69. The second-order valence-electron chi connectivity index (χ2n) is 5.24. The molecule has 0 saturated carbocycles. The first-order valence-corrected chi connectivity index (χ1v) is 6.82. The minimum Gasteiger partial charge on any atom is -0.0619 e. The highest BCUT2D eigenvalue weighted by atomic mass is 32.2. The van der Waals surface area contributed by atoms with Crippen molar-refractivity contribution < 1.29 is 0 Å². The first kappa shape index (κ1) is 12.3. The van der Waals surface area contributed by atoms with Gasteiger partial charge in [0.1, 0.15) is 0 Å². The Morgan fingerprint density at radius 3 is 1.76 bits per heavy atom. The Morgan fingerprint density at radius 2 is 1.24 bits per heavy atom. The Morgan fingerprint density at radius 1 is 0.706 bits per heavy atom. The Balaban J connectivity index is 2.14. The van der Waals surface area contributed by atoms with Crippen LogP contribution in [-0.2, 0) is 17.2 Å². The third-order valence-corrected chi connectivity index (χ3v) is 3.86. The van der Waals surface area contributed by atoms with E-state index in [1.165, 1.54) is 27.1 Å². The number of rotatable bonds is 2. The summed E-state index contributed by atoms with van der Waals surface area (Å²) < 4.78 is 0. The first-order valence-electron chi connectivity index (χ1n) is 5.93. The lowest BCUT2D eigenvalue weighted by atomic mass is 9.87. The molecule has 0 radical (unpaired) electrons. The SMILES string of the molecule is CC(C)(C)c1ccc([SH+]c2ccccc2)cc1. The summed E-state index contributed by atoms with van der Waals surface area (Å²) >= 11 is 1.28. The van der Waals surface area contributed by atoms with Crippen molar-refractivity contribution in [2.24, 2.45) is 0 Å². The van der Waals surface area contributed by atoms with Crippen molar-refractivity contribution >= 4 is 11.8 Å². The van der Waals surface area contributed by atoms with E-state index in [1.54, 1.807) is 0 Å². The predicted octanol–water partition coefficient (Wildman–Crippen LogP) is 4.22. The molecule has 2 aromatic rings. The van der Waals surface area contributed by atoms with Gasteiger partial charge in [0.15, 0.2) is 9.79 Å². The third kappa shape index (κ3) is 3.37. The van der Waals surface area contributed by atoms with Crippen LogP contribution < -0.4 is 0 Å². The van der Waals surface area contributed by atoms with Crippen LogP contribution in [0.25, 0.3) is 0 Å². The summed E-state index contributed by atoms with van der Waals surface area (Å²) in [6.45, 7) is 6.74. The molecular formula is C16H19S+. The van der Waals surface area contributed by atoms with Gasteiger partial charge in [0.2, 0.25) is 0 Å². The van der Waals surface area contributed by atoms with Crippen molar-refractivity contribution in [3.63, 3.8) is 0 Å². The fourth-order valence-corrected chi connectivity index (χ4v) is 2.61. The van der Waals surface area contributed by atoms with Crippen LogP contribution in [0.3, 0.4) is 0 Å². The van der Waals surface area contributed by atoms with Gasteiger partial charge in [-0.15, -0.1) is 0 Å². The smallest absolute Gasteiger partial charge is 0.0619 e. The van der Waals surface area contributed by atoms with Crippen molar-refractivity contribution in [1.82, 2.24) is 0 Å². The van der Waals surface area contributed by atoms with Gasteiger partial charge in [-0.05, 0) is 35.2 Å². The largest absolute Gasteiger partial charge is 0.158 e. The highest BCUT2D eigenvalue weighted by Gasteiger charge is 2.14. The highest BCUT2D eigenvalue weighted by molar-refractivity contribution is 7.78. The van der Waals surface area contributed by atoms with Crippen molar-refractivity contribution in [2.45, 2.75) is 36.0 Å². The van der Waals surface area contributed by atoms with Crippen molar-refractivity contribution in [3.05, 3.63) is 60.2 Å². The Kier molecular flexibility index (Phi) is 3.58. The minimum absolute atomic E-state index is 0.238. The van der Waals surface area contributed by atoms with E-state index in [0.29, 0.717) is 0 Å². The molecule has 0 N–H and O–H groups in total. The molecule has 0 spiro atoms. The molecule has 0 unspecified atom stereocenters. The average Bonchev–Trinajstić information content (AvgIpc) is 2.30. The molecule has 0 aliphatic carbocycles. The van der Waals surface area contributed by atoms with E-state index < -0.39 is 0 Å². The van der Waals surface area contributed by atoms with Gasteiger partial charge >= 0.3 is 0 Å². The molecule has 0 aliphatic rings. The molecule has 0 saturated heterocycles. The van der Waals surface area contributed by atoms with E-state index in [9.17, 15) is 0 Å². The van der Waals surface area contributed by atoms with Gasteiger partial charge in [0.05, 0.1) is 0 Å². The van der Waals surface area contributed by atoms with Gasteiger partial charge in [-0.3, -0.25) is 0 Å². The molecular weight excluding hydrogens is 224 g/mol. The maximum absolute atomic E-state index is 2.25. The van der Waals surface area contributed by atoms with Crippen LogP contribution in [0.15, 0.2) is 64.4 Å². The number of hydrogen-bond acceptors (Lipinski definition) is 0. The van der Waals surface area contributed by atoms with Gasteiger partial charge in [-0.2, -0.15) is 0 Å². The summed E-state index contributed by atoms with van der Waals surface area (Å²) in [5.74, 6) is 0. The molecule has 0 amide bonds. The van der Waals surface area contributed by atoms with Gasteiger partial charge in [-0.25, -0.2) is 0 Å². The second-order valence-corrected chi connectivity index (χ2v) is 6.50. The summed E-state index contributed by atoms with van der Waals surface area (Å²) in [7, 11) is 0. The normalized spacial score (nSPS) is 11.5. The lowest BCUT2D eigenvalue weighted by molar-refractivity contribution is 0.590. The molecule has 0 atom stereocenters. The zero-order valence-electron chi connectivity index (χ0n) is 10.6. The van der Waals surface area contributed by atoms with E-state index in [1.807, 2.05) is 0 Å². The van der Waals surface area contributed by atoms with E-state index in [0.717, 1.165) is 0 Å². The summed E-state index contributed by atoms with van der Waals surface area (Å²) in [5, 5.41) is 0. The number of hydrogen-bond donors (Lipinski definition) is 0. The molecule has 2 rings (SSSR count). The zero-order chi connectivity index (χ0) is 12.3. The van der Waals surface area contributed by atoms with Crippen LogP contribution in [0.1, 0.15) is 26.3 Å². The molecule has 1 heteroatoms. The highest BCUT2D eigenvalue weighted by Crippen LogP contribution is 2.23. The molecule has 0 aliphatic heterocycles. The van der Waals surface area contributed by atoms with Crippen LogP contribution in [0.4, 0.5) is 0 Å². The maximum atomic E-state index is 2.25. The van der Waals surface area contributed by atoms with E-state index in [4.69, 9.17) is 0 Å². The van der Waals surface area contributed by atoms with Crippen molar-refractivity contribution in [1.29, 1.82) is 0 Å². The molecule has 0 heterocycles. The number of thiol groups is 1. The minimum atomic E-state index is 0.238. The fraction of sp³-hybridized carbons (Fsp3) is 0.250. The second kappa shape index (κ2) is 4.97. The van der Waals surface area contributed by atoms with Crippen LogP contribution in [0.5, 0.6) is 0 Å². The summed E-state index contributed by atoms with van der Waals surface area (Å²) in [5.41, 5.74) is 1.63. The molecule has 2 aromatic carbocycles. The molecule has 0 aromatic heterocycles. The molecule has 0 fully saturated rings. The Labute approximate surface area is 108 Å². The maximum Gasteiger partial charge on any atom is 0.158 e. The van der Waals surface area contributed by atoms with Crippen LogP contribution in [0, 0.1) is 0 Å². The Bertz CT molecular complexity index is 463. The van der Waals surface area contributed by atoms with Gasteiger partial charge in [0, 0.05) is 11.8 Å². The molecule has 0 bridgehead atoms. The van der Waals surface area contributed by atoms with E-state index in [-0.39, 0.29) is 5.41 Å². The zero-order valence-corrected chi connectivity index (χ0v) is 11.5. The van der Waals surface area contributed by atoms with Crippen LogP contribution in [0.2, 0.25) is 0 Å². The third-order valence-electron chi connectivity index (χ3n) is 2.75. The summed E-state index contributed by atoms with van der Waals surface area (Å²) in [6.07, 6.45) is 0. The predicted molar refractivity (Wildman–Crippen MR) is 76.9 cm³/mol. The standard InChI is InChI=1S/C16H18S/c1-16(2,3)13-9-11-15(12-10-13)17-14-7-5-4-6-8-14/h4-12H,1-3H3/p+1.